The zero-order valence-corrected chi connectivity index (χ0v) is 12.0. The van der Waals surface area contributed by atoms with E-state index in [1.54, 1.807) is 18.4 Å². The van der Waals surface area contributed by atoms with Gasteiger partial charge >= 0.3 is 0 Å². The monoisotopic (exact) mass is 311 g/mol. The molecule has 90 valence electrons. The van der Waals surface area contributed by atoms with Gasteiger partial charge in [-0.25, -0.2) is 0 Å². The molecule has 0 radical (unpaired) electrons. The summed E-state index contributed by atoms with van der Waals surface area (Å²) in [6.45, 7) is 1.51. The van der Waals surface area contributed by atoms with E-state index >= 15 is 0 Å². The highest BCUT2D eigenvalue weighted by molar-refractivity contribution is 9.11. The van der Waals surface area contributed by atoms with Crippen LogP contribution in [0.25, 0.3) is 0 Å². The van der Waals surface area contributed by atoms with Crippen molar-refractivity contribution in [2.75, 3.05) is 12.4 Å². The summed E-state index contributed by atoms with van der Waals surface area (Å²) in [6.07, 6.45) is 0. The molecule has 0 aliphatic heterocycles. The highest BCUT2D eigenvalue weighted by atomic mass is 79.9. The van der Waals surface area contributed by atoms with Crippen LogP contribution in [0.3, 0.4) is 0 Å². The lowest BCUT2D eigenvalue weighted by Crippen LogP contribution is -1.98. The molecule has 0 aliphatic rings. The van der Waals surface area contributed by atoms with Crippen LogP contribution in [-0.4, -0.2) is 7.11 Å². The summed E-state index contributed by atoms with van der Waals surface area (Å²) in [5, 5.41) is 3.41. The summed E-state index contributed by atoms with van der Waals surface area (Å²) in [5.74, 6) is 0. The van der Waals surface area contributed by atoms with Crippen molar-refractivity contribution < 1.29 is 4.74 Å². The van der Waals surface area contributed by atoms with Crippen molar-refractivity contribution in [3.63, 3.8) is 0 Å². The molecule has 0 fully saturated rings. The predicted octanol–water partition coefficient (Wildman–Crippen LogP) is 4.27. The number of benzene rings is 1. The van der Waals surface area contributed by atoms with Crippen LogP contribution < -0.4 is 5.32 Å². The molecule has 0 aliphatic carbocycles. The van der Waals surface area contributed by atoms with E-state index in [1.165, 1.54) is 14.2 Å². The van der Waals surface area contributed by atoms with Crippen molar-refractivity contribution in [2.45, 2.75) is 13.2 Å². The van der Waals surface area contributed by atoms with E-state index in [0.29, 0.717) is 6.61 Å². The van der Waals surface area contributed by atoms with Gasteiger partial charge in [-0.3, -0.25) is 0 Å². The van der Waals surface area contributed by atoms with E-state index < -0.39 is 0 Å². The van der Waals surface area contributed by atoms with Crippen molar-refractivity contribution in [3.05, 3.63) is 50.6 Å². The standard InChI is InChI=1S/C13H14BrNOS/c1-16-9-10-3-2-4-11(7-10)15-8-12-5-6-13(14)17-12/h2-7,15H,8-9H2,1H3. The Morgan fingerprint density at radius 1 is 1.29 bits per heavy atom. The summed E-state index contributed by atoms with van der Waals surface area (Å²) in [5.41, 5.74) is 2.31. The van der Waals surface area contributed by atoms with Gasteiger partial charge < -0.3 is 10.1 Å². The third-order valence-electron chi connectivity index (χ3n) is 2.33. The molecule has 0 amide bonds. The van der Waals surface area contributed by atoms with Gasteiger partial charge in [0.25, 0.3) is 0 Å². The Balaban J connectivity index is 1.96. The van der Waals surface area contributed by atoms with Crippen molar-refractivity contribution in [1.29, 1.82) is 0 Å². The van der Waals surface area contributed by atoms with E-state index in [4.69, 9.17) is 4.74 Å². The molecule has 0 bridgehead atoms. The van der Waals surface area contributed by atoms with E-state index in [-0.39, 0.29) is 0 Å². The Morgan fingerprint density at radius 3 is 2.88 bits per heavy atom. The second-order valence-corrected chi connectivity index (χ2v) is 6.24. The Labute approximate surface area is 114 Å². The SMILES string of the molecule is COCc1cccc(NCc2ccc(Br)s2)c1. The van der Waals surface area contributed by atoms with E-state index in [9.17, 15) is 0 Å². The second-order valence-electron chi connectivity index (χ2n) is 3.69. The normalized spacial score (nSPS) is 10.5. The van der Waals surface area contributed by atoms with Crippen LogP contribution in [-0.2, 0) is 17.9 Å². The molecule has 2 nitrogen and oxygen atoms in total. The summed E-state index contributed by atoms with van der Waals surface area (Å²) in [7, 11) is 1.71. The Morgan fingerprint density at radius 2 is 2.18 bits per heavy atom. The minimum atomic E-state index is 0.653. The molecule has 0 atom stereocenters. The van der Waals surface area contributed by atoms with Crippen LogP contribution in [0.5, 0.6) is 0 Å². The molecule has 0 spiro atoms. The molecular weight excluding hydrogens is 298 g/mol. The largest absolute Gasteiger partial charge is 0.380 e. The Kier molecular flexibility index (Phi) is 4.59. The van der Waals surface area contributed by atoms with Crippen LogP contribution >= 0.6 is 27.3 Å². The lowest BCUT2D eigenvalue weighted by atomic mass is 10.2. The van der Waals surface area contributed by atoms with Crippen molar-refractivity contribution in [1.82, 2.24) is 0 Å². The first kappa shape index (κ1) is 12.6. The minimum Gasteiger partial charge on any atom is -0.380 e. The van der Waals surface area contributed by atoms with Crippen LogP contribution in [0.4, 0.5) is 5.69 Å². The zero-order valence-electron chi connectivity index (χ0n) is 9.57. The maximum absolute atomic E-state index is 5.12. The van der Waals surface area contributed by atoms with Gasteiger partial charge in [-0.05, 0) is 45.8 Å². The highest BCUT2D eigenvalue weighted by Gasteiger charge is 1.99. The summed E-state index contributed by atoms with van der Waals surface area (Å²) in [4.78, 5) is 1.31. The van der Waals surface area contributed by atoms with Crippen molar-refractivity contribution >= 4 is 33.0 Å². The molecule has 0 saturated carbocycles. The number of hydrogen-bond donors (Lipinski definition) is 1. The van der Waals surface area contributed by atoms with E-state index in [2.05, 4.69) is 51.6 Å². The fraction of sp³-hybridized carbons (Fsp3) is 0.231. The summed E-state index contributed by atoms with van der Waals surface area (Å²) < 4.78 is 6.29. The van der Waals surface area contributed by atoms with E-state index in [0.717, 1.165) is 12.2 Å². The van der Waals surface area contributed by atoms with Crippen LogP contribution in [0.15, 0.2) is 40.2 Å². The van der Waals surface area contributed by atoms with Crippen LogP contribution in [0, 0.1) is 0 Å². The molecular formula is C13H14BrNOS. The molecule has 17 heavy (non-hydrogen) atoms. The number of nitrogens with one attached hydrogen (secondary N) is 1. The van der Waals surface area contributed by atoms with Crippen molar-refractivity contribution in [2.24, 2.45) is 0 Å². The first-order chi connectivity index (χ1) is 8.28. The smallest absolute Gasteiger partial charge is 0.0713 e. The number of methoxy groups -OCH3 is 1. The molecule has 1 N–H and O–H groups in total. The van der Waals surface area contributed by atoms with Gasteiger partial charge in [0.2, 0.25) is 0 Å². The first-order valence-electron chi connectivity index (χ1n) is 5.34. The molecule has 1 aromatic carbocycles. The molecule has 4 heteroatoms. The number of ether oxygens (including phenoxy) is 1. The number of hydrogen-bond acceptors (Lipinski definition) is 3. The van der Waals surface area contributed by atoms with Gasteiger partial charge in [-0.2, -0.15) is 0 Å². The summed E-state index contributed by atoms with van der Waals surface area (Å²) in [6, 6.07) is 12.5. The predicted molar refractivity (Wildman–Crippen MR) is 76.5 cm³/mol. The third-order valence-corrected chi connectivity index (χ3v) is 3.96. The van der Waals surface area contributed by atoms with Gasteiger partial charge in [-0.15, -0.1) is 11.3 Å². The average molecular weight is 312 g/mol. The van der Waals surface area contributed by atoms with Crippen LogP contribution in [0.1, 0.15) is 10.4 Å². The quantitative estimate of drug-likeness (QED) is 0.890. The number of rotatable bonds is 5. The van der Waals surface area contributed by atoms with Gasteiger partial charge in [0.1, 0.15) is 0 Å². The van der Waals surface area contributed by atoms with Crippen molar-refractivity contribution in [3.8, 4) is 0 Å². The molecule has 1 aromatic heterocycles. The fourth-order valence-electron chi connectivity index (χ4n) is 1.57. The average Bonchev–Trinajstić information content (AvgIpc) is 2.74. The van der Waals surface area contributed by atoms with Gasteiger partial charge in [0.05, 0.1) is 10.4 Å². The maximum atomic E-state index is 5.12. The molecule has 1 heterocycles. The molecule has 0 saturated heterocycles. The Hall–Kier alpha value is -0.840. The van der Waals surface area contributed by atoms with Crippen LogP contribution in [0.2, 0.25) is 0 Å². The Bertz CT molecular complexity index is 484. The lowest BCUT2D eigenvalue weighted by molar-refractivity contribution is 0.185. The number of anilines is 1. The third kappa shape index (κ3) is 3.84. The first-order valence-corrected chi connectivity index (χ1v) is 6.95. The lowest BCUT2D eigenvalue weighted by Gasteiger charge is -2.07. The molecule has 2 aromatic rings. The highest BCUT2D eigenvalue weighted by Crippen LogP contribution is 2.23. The molecule has 0 unspecified atom stereocenters. The fourth-order valence-corrected chi connectivity index (χ4v) is 3.00. The topological polar surface area (TPSA) is 21.3 Å². The number of thiophene rings is 1. The van der Waals surface area contributed by atoms with Gasteiger partial charge in [0.15, 0.2) is 0 Å². The maximum Gasteiger partial charge on any atom is 0.0713 e. The van der Waals surface area contributed by atoms with Gasteiger partial charge in [-0.1, -0.05) is 12.1 Å². The second kappa shape index (κ2) is 6.19. The van der Waals surface area contributed by atoms with E-state index in [1.807, 2.05) is 6.07 Å². The number of halogens is 1. The zero-order chi connectivity index (χ0) is 12.1. The minimum absolute atomic E-state index is 0.653. The van der Waals surface area contributed by atoms with Gasteiger partial charge in [0, 0.05) is 24.2 Å². The molecule has 2 rings (SSSR count). The summed E-state index contributed by atoms with van der Waals surface area (Å²) >= 11 is 5.22.